The van der Waals surface area contributed by atoms with E-state index in [1.165, 1.54) is 0 Å². The highest BCUT2D eigenvalue weighted by atomic mass is 16.5. The number of hydrogen-bond donors (Lipinski definition) is 0. The molecule has 1 aliphatic rings. The lowest BCUT2D eigenvalue weighted by Crippen LogP contribution is -2.17. The number of rotatable bonds is 10. The third-order valence-corrected chi connectivity index (χ3v) is 4.65. The van der Waals surface area contributed by atoms with Crippen molar-refractivity contribution in [2.24, 2.45) is 0 Å². The highest BCUT2D eigenvalue weighted by Gasteiger charge is 2.23. The van der Waals surface area contributed by atoms with Crippen molar-refractivity contribution in [2.45, 2.75) is 45.4 Å². The first kappa shape index (κ1) is 19.3. The number of ether oxygens (including phenoxy) is 3. The Labute approximate surface area is 161 Å². The summed E-state index contributed by atoms with van der Waals surface area (Å²) in [6.45, 7) is 3.97. The Kier molecular flexibility index (Phi) is 7.14. The van der Waals surface area contributed by atoms with Crippen molar-refractivity contribution in [3.05, 3.63) is 53.6 Å². The van der Waals surface area contributed by atoms with E-state index in [0.29, 0.717) is 25.2 Å². The van der Waals surface area contributed by atoms with Gasteiger partial charge in [0.1, 0.15) is 17.2 Å². The summed E-state index contributed by atoms with van der Waals surface area (Å²) in [6, 6.07) is 13.7. The van der Waals surface area contributed by atoms with Gasteiger partial charge in [0.2, 0.25) is 0 Å². The molecule has 0 N–H and O–H groups in total. The van der Waals surface area contributed by atoms with E-state index in [0.717, 1.165) is 61.5 Å². The molecule has 0 amide bonds. The monoisotopic (exact) mass is 368 g/mol. The first-order valence-electron chi connectivity index (χ1n) is 9.92. The average Bonchev–Trinajstić information content (AvgIpc) is 2.70. The van der Waals surface area contributed by atoms with E-state index in [-0.39, 0.29) is 5.78 Å². The molecule has 2 aromatic carbocycles. The van der Waals surface area contributed by atoms with Gasteiger partial charge in [0.25, 0.3) is 0 Å². The predicted octanol–water partition coefficient (Wildman–Crippen LogP) is 5.23. The van der Waals surface area contributed by atoms with Crippen molar-refractivity contribution >= 4 is 5.78 Å². The molecule has 0 aromatic heterocycles. The lowest BCUT2D eigenvalue weighted by Gasteiger charge is -2.22. The largest absolute Gasteiger partial charge is 0.494 e. The minimum atomic E-state index is 0.165. The fourth-order valence-corrected chi connectivity index (χ4v) is 3.27. The number of unbranched alkanes of at least 4 members (excludes halogenated alkanes) is 2. The van der Waals surface area contributed by atoms with Crippen LogP contribution in [0.25, 0.3) is 0 Å². The van der Waals surface area contributed by atoms with Gasteiger partial charge in [0.15, 0.2) is 5.78 Å². The quantitative estimate of drug-likeness (QED) is 0.539. The molecule has 0 bridgehead atoms. The second kappa shape index (κ2) is 10.0. The molecule has 27 heavy (non-hydrogen) atoms. The Bertz CT molecular complexity index is 740. The zero-order valence-electron chi connectivity index (χ0n) is 16.0. The van der Waals surface area contributed by atoms with Gasteiger partial charge in [-0.05, 0) is 49.9 Å². The molecule has 0 atom stereocenters. The second-order valence-corrected chi connectivity index (χ2v) is 6.76. The first-order chi connectivity index (χ1) is 13.3. The molecule has 0 unspecified atom stereocenters. The van der Waals surface area contributed by atoms with E-state index >= 15 is 0 Å². The van der Waals surface area contributed by atoms with Crippen LogP contribution in [-0.4, -0.2) is 25.6 Å². The van der Waals surface area contributed by atoms with E-state index < -0.39 is 0 Å². The van der Waals surface area contributed by atoms with Crippen LogP contribution in [0.5, 0.6) is 17.2 Å². The number of ketones is 1. The van der Waals surface area contributed by atoms with Crippen molar-refractivity contribution in [2.75, 3.05) is 19.8 Å². The van der Waals surface area contributed by atoms with Crippen LogP contribution in [0.4, 0.5) is 0 Å². The minimum absolute atomic E-state index is 0.165. The van der Waals surface area contributed by atoms with E-state index in [2.05, 4.69) is 6.92 Å². The van der Waals surface area contributed by atoms with Crippen LogP contribution in [0, 0.1) is 0 Å². The van der Waals surface area contributed by atoms with Crippen LogP contribution in [0.3, 0.4) is 0 Å². The summed E-state index contributed by atoms with van der Waals surface area (Å²) in [5.74, 6) is 2.67. The molecule has 3 rings (SSSR count). The van der Waals surface area contributed by atoms with Gasteiger partial charge in [-0.25, -0.2) is 0 Å². The van der Waals surface area contributed by atoms with Gasteiger partial charge in [-0.2, -0.15) is 0 Å². The molecule has 2 aromatic rings. The van der Waals surface area contributed by atoms with Gasteiger partial charge in [-0.15, -0.1) is 0 Å². The standard InChI is InChI=1S/C23H28O4/c1-2-9-20-22(13-12-19-21(24)14-17-27-23(19)20)26-16-8-4-7-15-25-18-10-5-3-6-11-18/h3,5-6,10-13H,2,4,7-9,14-17H2,1H3. The summed E-state index contributed by atoms with van der Waals surface area (Å²) >= 11 is 0. The Morgan fingerprint density at radius 2 is 1.74 bits per heavy atom. The number of carbonyl (C=O) groups is 1. The van der Waals surface area contributed by atoms with Crippen molar-refractivity contribution < 1.29 is 19.0 Å². The molecule has 1 aliphatic heterocycles. The Morgan fingerprint density at radius 3 is 2.52 bits per heavy atom. The molecule has 4 nitrogen and oxygen atoms in total. The molecular weight excluding hydrogens is 340 g/mol. The molecule has 0 fully saturated rings. The summed E-state index contributed by atoms with van der Waals surface area (Å²) in [5.41, 5.74) is 1.74. The minimum Gasteiger partial charge on any atom is -0.494 e. The maximum absolute atomic E-state index is 12.1. The Balaban J connectivity index is 1.46. The van der Waals surface area contributed by atoms with Gasteiger partial charge >= 0.3 is 0 Å². The van der Waals surface area contributed by atoms with Crippen LogP contribution >= 0.6 is 0 Å². The number of fused-ring (bicyclic) bond motifs is 1. The third kappa shape index (κ3) is 5.25. The molecular formula is C23H28O4. The predicted molar refractivity (Wildman–Crippen MR) is 106 cm³/mol. The number of carbonyl (C=O) groups excluding carboxylic acids is 1. The third-order valence-electron chi connectivity index (χ3n) is 4.65. The molecule has 144 valence electrons. The van der Waals surface area contributed by atoms with Crippen LogP contribution < -0.4 is 14.2 Å². The zero-order valence-corrected chi connectivity index (χ0v) is 16.0. The molecule has 1 heterocycles. The smallest absolute Gasteiger partial charge is 0.170 e. The Morgan fingerprint density at radius 1 is 0.963 bits per heavy atom. The van der Waals surface area contributed by atoms with E-state index in [9.17, 15) is 4.79 Å². The summed E-state index contributed by atoms with van der Waals surface area (Å²) in [4.78, 5) is 12.1. The maximum Gasteiger partial charge on any atom is 0.170 e. The summed E-state index contributed by atoms with van der Waals surface area (Å²) in [5, 5.41) is 0. The molecule has 0 saturated carbocycles. The highest BCUT2D eigenvalue weighted by Crippen LogP contribution is 2.36. The number of benzene rings is 2. The van der Waals surface area contributed by atoms with Crippen molar-refractivity contribution in [3.8, 4) is 17.2 Å². The summed E-state index contributed by atoms with van der Waals surface area (Å²) < 4.78 is 17.5. The molecule has 0 saturated heterocycles. The normalized spacial score (nSPS) is 13.0. The van der Waals surface area contributed by atoms with Gasteiger partial charge in [0, 0.05) is 12.0 Å². The van der Waals surface area contributed by atoms with E-state index in [1.54, 1.807) is 0 Å². The van der Waals surface area contributed by atoms with E-state index in [4.69, 9.17) is 14.2 Å². The summed E-state index contributed by atoms with van der Waals surface area (Å²) in [6.07, 6.45) is 5.33. The maximum atomic E-state index is 12.1. The molecule has 0 aliphatic carbocycles. The lowest BCUT2D eigenvalue weighted by atomic mass is 9.98. The van der Waals surface area contributed by atoms with Gasteiger partial charge < -0.3 is 14.2 Å². The molecule has 4 heteroatoms. The van der Waals surface area contributed by atoms with Crippen molar-refractivity contribution in [1.29, 1.82) is 0 Å². The zero-order chi connectivity index (χ0) is 18.9. The van der Waals surface area contributed by atoms with Crippen molar-refractivity contribution in [1.82, 2.24) is 0 Å². The van der Waals surface area contributed by atoms with Gasteiger partial charge in [-0.3, -0.25) is 4.79 Å². The molecule has 0 spiro atoms. The highest BCUT2D eigenvalue weighted by molar-refractivity contribution is 6.00. The second-order valence-electron chi connectivity index (χ2n) is 6.76. The fraction of sp³-hybridized carbons (Fsp3) is 0.435. The topological polar surface area (TPSA) is 44.8 Å². The fourth-order valence-electron chi connectivity index (χ4n) is 3.27. The van der Waals surface area contributed by atoms with Crippen molar-refractivity contribution in [3.63, 3.8) is 0 Å². The average molecular weight is 368 g/mol. The number of Topliss-reactive ketones (excluding diaryl/α,β-unsaturated/α-hetero) is 1. The number of para-hydroxylation sites is 1. The SMILES string of the molecule is CCCc1c(OCCCCCOc2ccccc2)ccc2c1OCCC2=O. The van der Waals surface area contributed by atoms with E-state index in [1.807, 2.05) is 42.5 Å². The van der Waals surface area contributed by atoms with Gasteiger partial charge in [-0.1, -0.05) is 31.5 Å². The van der Waals surface area contributed by atoms with Crippen LogP contribution in [0.2, 0.25) is 0 Å². The number of hydrogen-bond acceptors (Lipinski definition) is 4. The van der Waals surface area contributed by atoms with Gasteiger partial charge in [0.05, 0.1) is 25.4 Å². The summed E-state index contributed by atoms with van der Waals surface area (Å²) in [7, 11) is 0. The first-order valence-corrected chi connectivity index (χ1v) is 9.92. The lowest BCUT2D eigenvalue weighted by molar-refractivity contribution is 0.0932. The van der Waals surface area contributed by atoms with Crippen LogP contribution in [-0.2, 0) is 6.42 Å². The Hall–Kier alpha value is -2.49. The van der Waals surface area contributed by atoms with Crippen LogP contribution in [0.1, 0.15) is 54.9 Å². The van der Waals surface area contributed by atoms with Crippen LogP contribution in [0.15, 0.2) is 42.5 Å². The molecule has 0 radical (unpaired) electrons.